The Morgan fingerprint density at radius 2 is 2.06 bits per heavy atom. The smallest absolute Gasteiger partial charge is 0.207 e. The highest BCUT2D eigenvalue weighted by molar-refractivity contribution is 5.86. The summed E-state index contributed by atoms with van der Waals surface area (Å²) in [7, 11) is 1.71. The van der Waals surface area contributed by atoms with E-state index in [1.165, 1.54) is 17.8 Å². The third-order valence-electron chi connectivity index (χ3n) is 5.36. The van der Waals surface area contributed by atoms with Gasteiger partial charge in [-0.3, -0.25) is 4.79 Å². The topological polar surface area (TPSA) is 43.3 Å². The molecule has 0 fully saturated rings. The summed E-state index contributed by atoms with van der Waals surface area (Å²) < 4.78 is 33.2. The molecule has 1 aromatic carbocycles. The van der Waals surface area contributed by atoms with Crippen LogP contribution in [0.5, 0.6) is 0 Å². The number of aromatic nitrogens is 1. The van der Waals surface area contributed by atoms with E-state index in [1.807, 2.05) is 39.8 Å². The lowest BCUT2D eigenvalue weighted by Crippen LogP contribution is -2.33. The summed E-state index contributed by atoms with van der Waals surface area (Å²) >= 11 is 0. The molecular formula is C25H34F2N2O2. The maximum atomic E-state index is 13.8. The molecule has 1 aromatic heterocycles. The van der Waals surface area contributed by atoms with Gasteiger partial charge < -0.3 is 14.6 Å². The molecule has 1 N–H and O–H groups in total. The molecule has 0 saturated heterocycles. The van der Waals surface area contributed by atoms with E-state index in [-0.39, 0.29) is 17.5 Å². The molecule has 3 rings (SSSR count). The van der Waals surface area contributed by atoms with Gasteiger partial charge >= 0.3 is 0 Å². The van der Waals surface area contributed by atoms with E-state index >= 15 is 0 Å². The van der Waals surface area contributed by atoms with Crippen LogP contribution >= 0.6 is 0 Å². The van der Waals surface area contributed by atoms with Gasteiger partial charge in [0.05, 0.1) is 5.60 Å². The molecular weight excluding hydrogens is 398 g/mol. The first kappa shape index (κ1) is 24.8. The van der Waals surface area contributed by atoms with E-state index in [0.717, 1.165) is 41.3 Å². The standard InChI is InChI=1S/C20H22F2N2O.C5H12O/c1-14(4-2-3-9-21)12-24-19-7-5-15(22)10-17(19)18-11-16(23-13-25)6-8-20(18)24;1-5(2,3)6-4/h2-5,7,10,13,16H,6,8-9,11-12H2,1H3,(H,23,25);1-4H3/b3-2-,14-4+;. The SMILES string of the molecule is C/C(=C\C=C/CF)Cn1c2c(c3cc(F)ccc31)CC(NC=O)CC2.COC(C)(C)C. The Morgan fingerprint density at radius 3 is 2.68 bits per heavy atom. The van der Waals surface area contributed by atoms with Crippen molar-refractivity contribution in [2.24, 2.45) is 0 Å². The number of halogens is 2. The van der Waals surface area contributed by atoms with Gasteiger partial charge in [0, 0.05) is 36.3 Å². The fourth-order valence-corrected chi connectivity index (χ4v) is 3.63. The minimum absolute atomic E-state index is 0.0417. The fraction of sp³-hybridized carbons (Fsp3) is 0.480. The van der Waals surface area contributed by atoms with Crippen LogP contribution in [0.25, 0.3) is 10.9 Å². The summed E-state index contributed by atoms with van der Waals surface area (Å²) in [5.41, 5.74) is 4.46. The lowest BCUT2D eigenvalue weighted by Gasteiger charge is -2.23. The Kier molecular flexibility index (Phi) is 8.99. The molecule has 1 heterocycles. The van der Waals surface area contributed by atoms with Gasteiger partial charge in [0.15, 0.2) is 0 Å². The van der Waals surface area contributed by atoms with Crippen LogP contribution in [0.15, 0.2) is 42.0 Å². The van der Waals surface area contributed by atoms with Gasteiger partial charge in [-0.1, -0.05) is 23.8 Å². The van der Waals surface area contributed by atoms with Crippen LogP contribution in [0.3, 0.4) is 0 Å². The molecule has 0 spiro atoms. The molecule has 0 radical (unpaired) electrons. The van der Waals surface area contributed by atoms with Crippen molar-refractivity contribution in [2.75, 3.05) is 13.8 Å². The molecule has 1 aliphatic carbocycles. The predicted octanol–water partition coefficient (Wildman–Crippen LogP) is 5.29. The molecule has 0 aliphatic heterocycles. The van der Waals surface area contributed by atoms with Crippen LogP contribution in [-0.2, 0) is 28.9 Å². The first-order chi connectivity index (χ1) is 14.7. The third-order valence-corrected chi connectivity index (χ3v) is 5.36. The molecule has 31 heavy (non-hydrogen) atoms. The van der Waals surface area contributed by atoms with Gasteiger partial charge in [-0.05, 0) is 70.7 Å². The average molecular weight is 433 g/mol. The van der Waals surface area contributed by atoms with Crippen LogP contribution in [0.2, 0.25) is 0 Å². The van der Waals surface area contributed by atoms with Gasteiger partial charge in [0.1, 0.15) is 12.5 Å². The monoisotopic (exact) mass is 432 g/mol. The molecule has 1 aliphatic rings. The molecule has 0 bridgehead atoms. The number of fused-ring (bicyclic) bond motifs is 3. The highest BCUT2D eigenvalue weighted by atomic mass is 19.1. The molecule has 1 amide bonds. The number of methoxy groups -OCH3 is 1. The number of alkyl halides is 1. The number of allylic oxidation sites excluding steroid dienone is 4. The number of ether oxygens (including phenoxy) is 1. The van der Waals surface area contributed by atoms with Crippen molar-refractivity contribution in [3.63, 3.8) is 0 Å². The number of amides is 1. The molecule has 1 unspecified atom stereocenters. The number of nitrogens with zero attached hydrogens (tertiary/aromatic N) is 1. The fourth-order valence-electron chi connectivity index (χ4n) is 3.63. The van der Waals surface area contributed by atoms with E-state index in [4.69, 9.17) is 4.74 Å². The average Bonchev–Trinajstić information content (AvgIpc) is 3.01. The Labute approximate surface area is 184 Å². The van der Waals surface area contributed by atoms with Gasteiger partial charge in [-0.25, -0.2) is 8.78 Å². The molecule has 1 atom stereocenters. The highest BCUT2D eigenvalue weighted by Crippen LogP contribution is 2.33. The number of benzene rings is 1. The second-order valence-corrected chi connectivity index (χ2v) is 8.81. The summed E-state index contributed by atoms with van der Waals surface area (Å²) in [5, 5.41) is 3.77. The zero-order valence-electron chi connectivity index (χ0n) is 19.2. The first-order valence-corrected chi connectivity index (χ1v) is 10.6. The van der Waals surface area contributed by atoms with Crippen LogP contribution < -0.4 is 5.32 Å². The minimum Gasteiger partial charge on any atom is -0.379 e. The molecule has 0 saturated carbocycles. The van der Waals surface area contributed by atoms with Crippen molar-refractivity contribution in [1.82, 2.24) is 9.88 Å². The minimum atomic E-state index is -0.476. The second kappa shape index (κ2) is 11.2. The molecule has 4 nitrogen and oxygen atoms in total. The molecule has 170 valence electrons. The van der Waals surface area contributed by atoms with E-state index in [2.05, 4.69) is 9.88 Å². The Bertz CT molecular complexity index is 939. The first-order valence-electron chi connectivity index (χ1n) is 10.6. The molecule has 2 aromatic rings. The van der Waals surface area contributed by atoms with Crippen molar-refractivity contribution in [3.8, 4) is 0 Å². The summed E-state index contributed by atoms with van der Waals surface area (Å²) in [6.45, 7) is 8.27. The van der Waals surface area contributed by atoms with Crippen molar-refractivity contribution in [1.29, 1.82) is 0 Å². The third kappa shape index (κ3) is 7.03. The summed E-state index contributed by atoms with van der Waals surface area (Å²) in [5.74, 6) is -0.254. The summed E-state index contributed by atoms with van der Waals surface area (Å²) in [6, 6.07) is 4.97. The lowest BCUT2D eigenvalue weighted by molar-refractivity contribution is -0.110. The number of carbonyl (C=O) groups excluding carboxylic acids is 1. The summed E-state index contributed by atoms with van der Waals surface area (Å²) in [6.07, 6.45) is 8.25. The number of carbonyl (C=O) groups is 1. The zero-order valence-corrected chi connectivity index (χ0v) is 19.2. The van der Waals surface area contributed by atoms with Crippen LogP contribution in [0, 0.1) is 5.82 Å². The Morgan fingerprint density at radius 1 is 1.35 bits per heavy atom. The van der Waals surface area contributed by atoms with Crippen molar-refractivity contribution in [3.05, 3.63) is 59.1 Å². The van der Waals surface area contributed by atoms with Crippen molar-refractivity contribution < 1.29 is 18.3 Å². The Balaban J connectivity index is 0.000000501. The van der Waals surface area contributed by atoms with Crippen LogP contribution in [-0.4, -0.2) is 36.4 Å². The number of rotatable bonds is 6. The van der Waals surface area contributed by atoms with E-state index < -0.39 is 6.67 Å². The Hall–Kier alpha value is -2.47. The lowest BCUT2D eigenvalue weighted by atomic mass is 9.91. The van der Waals surface area contributed by atoms with E-state index in [0.29, 0.717) is 13.0 Å². The summed E-state index contributed by atoms with van der Waals surface area (Å²) in [4.78, 5) is 10.8. The maximum Gasteiger partial charge on any atom is 0.207 e. The van der Waals surface area contributed by atoms with Gasteiger partial charge in [0.2, 0.25) is 6.41 Å². The molecule has 6 heteroatoms. The quantitative estimate of drug-likeness (QED) is 0.498. The largest absolute Gasteiger partial charge is 0.379 e. The van der Waals surface area contributed by atoms with E-state index in [1.54, 1.807) is 19.3 Å². The van der Waals surface area contributed by atoms with Crippen LogP contribution in [0.4, 0.5) is 8.78 Å². The predicted molar refractivity (Wildman–Crippen MR) is 123 cm³/mol. The highest BCUT2D eigenvalue weighted by Gasteiger charge is 2.25. The number of hydrogen-bond donors (Lipinski definition) is 1. The van der Waals surface area contributed by atoms with E-state index in [9.17, 15) is 13.6 Å². The van der Waals surface area contributed by atoms with Gasteiger partial charge in [-0.15, -0.1) is 0 Å². The zero-order chi connectivity index (χ0) is 23.0. The van der Waals surface area contributed by atoms with Crippen molar-refractivity contribution in [2.45, 2.75) is 65.1 Å². The van der Waals surface area contributed by atoms with Crippen molar-refractivity contribution >= 4 is 17.3 Å². The van der Waals surface area contributed by atoms with Crippen LogP contribution in [0.1, 0.15) is 45.4 Å². The maximum absolute atomic E-state index is 13.8. The van der Waals surface area contributed by atoms with Gasteiger partial charge in [0.25, 0.3) is 0 Å². The number of nitrogens with one attached hydrogen (secondary N) is 1. The normalized spacial score (nSPS) is 16.7. The number of hydrogen-bond acceptors (Lipinski definition) is 2. The second-order valence-electron chi connectivity index (χ2n) is 8.81. The van der Waals surface area contributed by atoms with Gasteiger partial charge in [-0.2, -0.15) is 0 Å².